The lowest BCUT2D eigenvalue weighted by Crippen LogP contribution is -2.54. The molecule has 4 rings (SSSR count). The second kappa shape index (κ2) is 9.03. The van der Waals surface area contributed by atoms with Gasteiger partial charge in [-0.2, -0.15) is 0 Å². The zero-order chi connectivity index (χ0) is 20.9. The van der Waals surface area contributed by atoms with Crippen LogP contribution in [0.15, 0.2) is 60.4 Å². The van der Waals surface area contributed by atoms with Gasteiger partial charge in [0.05, 0.1) is 13.2 Å². The Bertz CT molecular complexity index is 941. The molecule has 3 unspecified atom stereocenters. The Hall–Kier alpha value is -3.28. The molecule has 0 radical (unpaired) electrons. The van der Waals surface area contributed by atoms with Crippen LogP contribution in [0.3, 0.4) is 0 Å². The monoisotopic (exact) mass is 406 g/mol. The van der Waals surface area contributed by atoms with Gasteiger partial charge in [0.1, 0.15) is 11.9 Å². The van der Waals surface area contributed by atoms with Crippen LogP contribution in [0, 0.1) is 5.92 Å². The summed E-state index contributed by atoms with van der Waals surface area (Å²) in [7, 11) is 1.60. The van der Waals surface area contributed by atoms with Crippen molar-refractivity contribution < 1.29 is 19.1 Å². The topological polar surface area (TPSA) is 76.7 Å². The molecule has 0 spiro atoms. The summed E-state index contributed by atoms with van der Waals surface area (Å²) in [5.74, 6) is 0.614. The van der Waals surface area contributed by atoms with Crippen molar-refractivity contribution in [1.82, 2.24) is 10.6 Å². The number of rotatable bonds is 5. The third-order valence-electron chi connectivity index (χ3n) is 5.71. The Balaban J connectivity index is 1.37. The first-order valence-electron chi connectivity index (χ1n) is 10.3. The highest BCUT2D eigenvalue weighted by Crippen LogP contribution is 2.32. The summed E-state index contributed by atoms with van der Waals surface area (Å²) >= 11 is 0. The number of fused-ring (bicyclic) bond motifs is 1. The fourth-order valence-electron chi connectivity index (χ4n) is 4.09. The average molecular weight is 406 g/mol. The molecule has 2 N–H and O–H groups in total. The molecule has 3 atom stereocenters. The minimum absolute atomic E-state index is 0.0295. The first kappa shape index (κ1) is 20.0. The molecule has 6 heteroatoms. The lowest BCUT2D eigenvalue weighted by Gasteiger charge is -2.39. The van der Waals surface area contributed by atoms with Gasteiger partial charge >= 0.3 is 0 Å². The van der Waals surface area contributed by atoms with Crippen LogP contribution in [0.4, 0.5) is 0 Å². The summed E-state index contributed by atoms with van der Waals surface area (Å²) < 4.78 is 11.4. The van der Waals surface area contributed by atoms with Crippen LogP contribution in [0.1, 0.15) is 30.4 Å². The molecule has 2 fully saturated rings. The van der Waals surface area contributed by atoms with Crippen molar-refractivity contribution in [1.29, 1.82) is 0 Å². The van der Waals surface area contributed by atoms with Crippen LogP contribution in [-0.2, 0) is 20.9 Å². The van der Waals surface area contributed by atoms with Crippen LogP contribution < -0.4 is 15.4 Å². The Kier molecular flexibility index (Phi) is 6.02. The van der Waals surface area contributed by atoms with Gasteiger partial charge in [0, 0.05) is 18.0 Å². The fourth-order valence-corrected chi connectivity index (χ4v) is 4.09. The van der Waals surface area contributed by atoms with E-state index in [0.717, 1.165) is 24.0 Å². The molecule has 2 aromatic carbocycles. The normalized spacial score (nSPS) is 24.4. The number of nitrogens with one attached hydrogen (secondary N) is 2. The van der Waals surface area contributed by atoms with Crippen molar-refractivity contribution in [2.45, 2.75) is 38.0 Å². The molecule has 1 aliphatic heterocycles. The molecule has 2 aliphatic rings. The van der Waals surface area contributed by atoms with Gasteiger partial charge in [-0.15, -0.1) is 0 Å². The highest BCUT2D eigenvalue weighted by atomic mass is 16.5. The lowest BCUT2D eigenvalue weighted by molar-refractivity contribution is -0.134. The maximum Gasteiger partial charge on any atom is 0.286 e. The predicted octanol–water partition coefficient (Wildman–Crippen LogP) is 3.04. The summed E-state index contributed by atoms with van der Waals surface area (Å²) in [5.41, 5.74) is 1.86. The van der Waals surface area contributed by atoms with Gasteiger partial charge in [-0.3, -0.25) is 9.59 Å². The van der Waals surface area contributed by atoms with Gasteiger partial charge < -0.3 is 20.1 Å². The van der Waals surface area contributed by atoms with E-state index in [2.05, 4.69) is 10.6 Å². The van der Waals surface area contributed by atoms with Gasteiger partial charge in [0.25, 0.3) is 5.91 Å². The SMILES string of the molecule is COc1ccccc1/C=C1/OC2CCC(C(=O)NCc3ccccc3)CC2NC1=O. The minimum Gasteiger partial charge on any atom is -0.496 e. The first-order chi connectivity index (χ1) is 14.6. The van der Waals surface area contributed by atoms with E-state index < -0.39 is 0 Å². The van der Waals surface area contributed by atoms with E-state index in [1.54, 1.807) is 13.2 Å². The van der Waals surface area contributed by atoms with Crippen molar-refractivity contribution in [2.24, 2.45) is 5.92 Å². The van der Waals surface area contributed by atoms with Gasteiger partial charge in [-0.05, 0) is 37.0 Å². The van der Waals surface area contributed by atoms with Crippen molar-refractivity contribution >= 4 is 17.9 Å². The minimum atomic E-state index is -0.257. The number of para-hydroxylation sites is 1. The van der Waals surface area contributed by atoms with Crippen LogP contribution in [0.25, 0.3) is 6.08 Å². The smallest absolute Gasteiger partial charge is 0.286 e. The number of morpholine rings is 1. The summed E-state index contributed by atoms with van der Waals surface area (Å²) in [4.78, 5) is 25.2. The molecule has 1 heterocycles. The Labute approximate surface area is 176 Å². The van der Waals surface area contributed by atoms with Crippen molar-refractivity contribution in [2.75, 3.05) is 7.11 Å². The summed E-state index contributed by atoms with van der Waals surface area (Å²) in [6, 6.07) is 17.2. The second-order valence-electron chi connectivity index (χ2n) is 7.70. The molecule has 0 bridgehead atoms. The Morgan fingerprint density at radius 3 is 2.73 bits per heavy atom. The first-order valence-corrected chi connectivity index (χ1v) is 10.3. The van der Waals surface area contributed by atoms with E-state index >= 15 is 0 Å². The van der Waals surface area contributed by atoms with Gasteiger partial charge in [0.15, 0.2) is 5.76 Å². The number of carbonyl (C=O) groups excluding carboxylic acids is 2. The fraction of sp³-hybridized carbons (Fsp3) is 0.333. The predicted molar refractivity (Wildman–Crippen MR) is 113 cm³/mol. The third-order valence-corrected chi connectivity index (χ3v) is 5.71. The molecular formula is C24H26N2O4. The van der Waals surface area contributed by atoms with Crippen LogP contribution >= 0.6 is 0 Å². The quantitative estimate of drug-likeness (QED) is 0.749. The Morgan fingerprint density at radius 2 is 1.93 bits per heavy atom. The molecule has 1 saturated heterocycles. The van der Waals surface area contributed by atoms with Crippen molar-refractivity contribution in [3.8, 4) is 5.75 Å². The molecule has 2 aromatic rings. The maximum absolute atomic E-state index is 12.6. The molecule has 156 valence electrons. The lowest BCUT2D eigenvalue weighted by atomic mass is 9.82. The number of methoxy groups -OCH3 is 1. The zero-order valence-corrected chi connectivity index (χ0v) is 17.0. The van der Waals surface area contributed by atoms with E-state index in [0.29, 0.717) is 18.7 Å². The summed E-state index contributed by atoms with van der Waals surface area (Å²) in [6.07, 6.45) is 3.63. The van der Waals surface area contributed by atoms with Gasteiger partial charge in [-0.25, -0.2) is 0 Å². The largest absolute Gasteiger partial charge is 0.496 e. The molecular weight excluding hydrogens is 380 g/mol. The Morgan fingerprint density at radius 1 is 1.17 bits per heavy atom. The molecule has 1 saturated carbocycles. The number of hydrogen-bond donors (Lipinski definition) is 2. The number of hydrogen-bond acceptors (Lipinski definition) is 4. The van der Waals surface area contributed by atoms with Crippen LogP contribution in [0.2, 0.25) is 0 Å². The molecule has 1 aliphatic carbocycles. The highest BCUT2D eigenvalue weighted by molar-refractivity contribution is 5.97. The highest BCUT2D eigenvalue weighted by Gasteiger charge is 2.40. The summed E-state index contributed by atoms with van der Waals surface area (Å²) in [5, 5.41) is 6.04. The van der Waals surface area contributed by atoms with Crippen LogP contribution in [-0.4, -0.2) is 31.1 Å². The number of amides is 2. The van der Waals surface area contributed by atoms with Crippen molar-refractivity contribution in [3.05, 3.63) is 71.5 Å². The van der Waals surface area contributed by atoms with E-state index in [9.17, 15) is 9.59 Å². The zero-order valence-electron chi connectivity index (χ0n) is 17.0. The van der Waals surface area contributed by atoms with Crippen LogP contribution in [0.5, 0.6) is 5.75 Å². The molecule has 0 aromatic heterocycles. The van der Waals surface area contributed by atoms with E-state index in [1.165, 1.54) is 0 Å². The third kappa shape index (κ3) is 4.48. The molecule has 2 amide bonds. The molecule has 30 heavy (non-hydrogen) atoms. The standard InChI is InChI=1S/C24H26N2O4/c1-29-20-10-6-5-9-17(20)14-22-24(28)26-19-13-18(11-12-21(19)30-22)23(27)25-15-16-7-3-2-4-8-16/h2-10,14,18-19,21H,11-13,15H2,1H3,(H,25,27)(H,26,28)/b22-14+. The van der Waals surface area contributed by atoms with E-state index in [-0.39, 0.29) is 35.6 Å². The number of benzene rings is 2. The maximum atomic E-state index is 12.6. The van der Waals surface area contributed by atoms with Gasteiger partial charge in [0.2, 0.25) is 5.91 Å². The number of carbonyl (C=O) groups is 2. The van der Waals surface area contributed by atoms with Gasteiger partial charge in [-0.1, -0.05) is 48.5 Å². The summed E-state index contributed by atoms with van der Waals surface area (Å²) in [6.45, 7) is 0.513. The average Bonchev–Trinajstić information content (AvgIpc) is 2.78. The van der Waals surface area contributed by atoms with E-state index in [4.69, 9.17) is 9.47 Å². The van der Waals surface area contributed by atoms with Crippen molar-refractivity contribution in [3.63, 3.8) is 0 Å². The number of ether oxygens (including phenoxy) is 2. The van der Waals surface area contributed by atoms with E-state index in [1.807, 2.05) is 54.6 Å². The molecule has 6 nitrogen and oxygen atoms in total. The second-order valence-corrected chi connectivity index (χ2v) is 7.70.